The van der Waals surface area contributed by atoms with Gasteiger partial charge in [0.05, 0.1) is 16.4 Å². The molecule has 0 bridgehead atoms. The SMILES string of the molecule is Cc1cc(N=Cc2ccc(OCC(=O)Nc3ccccc3F)c(Cl)c2)ccc1F. The van der Waals surface area contributed by atoms with Crippen LogP contribution in [0.2, 0.25) is 5.02 Å². The summed E-state index contributed by atoms with van der Waals surface area (Å²) >= 11 is 6.20. The molecule has 0 aliphatic rings. The average molecular weight is 415 g/mol. The van der Waals surface area contributed by atoms with E-state index in [9.17, 15) is 13.6 Å². The van der Waals surface area contributed by atoms with E-state index >= 15 is 0 Å². The molecule has 0 aromatic heterocycles. The van der Waals surface area contributed by atoms with Crippen molar-refractivity contribution in [3.05, 3.63) is 88.4 Å². The van der Waals surface area contributed by atoms with Crippen molar-refractivity contribution in [2.24, 2.45) is 4.99 Å². The van der Waals surface area contributed by atoms with Crippen LogP contribution in [-0.4, -0.2) is 18.7 Å². The highest BCUT2D eigenvalue weighted by Crippen LogP contribution is 2.25. The Morgan fingerprint density at radius 1 is 1.10 bits per heavy atom. The quantitative estimate of drug-likeness (QED) is 0.526. The van der Waals surface area contributed by atoms with Crippen molar-refractivity contribution in [1.82, 2.24) is 0 Å². The number of amides is 1. The molecule has 7 heteroatoms. The Hall–Kier alpha value is -3.25. The van der Waals surface area contributed by atoms with E-state index in [1.165, 1.54) is 24.3 Å². The van der Waals surface area contributed by atoms with Gasteiger partial charge in [-0.15, -0.1) is 0 Å². The van der Waals surface area contributed by atoms with E-state index in [4.69, 9.17) is 16.3 Å². The number of hydrogen-bond acceptors (Lipinski definition) is 3. The lowest BCUT2D eigenvalue weighted by Gasteiger charge is -2.09. The highest BCUT2D eigenvalue weighted by atomic mass is 35.5. The first-order chi connectivity index (χ1) is 13.9. The number of nitrogens with zero attached hydrogens (tertiary/aromatic N) is 1. The van der Waals surface area contributed by atoms with Crippen molar-refractivity contribution in [3.63, 3.8) is 0 Å². The van der Waals surface area contributed by atoms with Gasteiger partial charge in [0, 0.05) is 6.21 Å². The number of aryl methyl sites for hydroxylation is 1. The summed E-state index contributed by atoms with van der Waals surface area (Å²) < 4.78 is 32.3. The minimum atomic E-state index is -0.529. The summed E-state index contributed by atoms with van der Waals surface area (Å²) in [6.07, 6.45) is 1.59. The minimum absolute atomic E-state index is 0.0785. The number of nitrogens with one attached hydrogen (secondary N) is 1. The molecule has 29 heavy (non-hydrogen) atoms. The highest BCUT2D eigenvalue weighted by molar-refractivity contribution is 6.32. The third-order valence-electron chi connectivity index (χ3n) is 3.97. The van der Waals surface area contributed by atoms with E-state index in [2.05, 4.69) is 10.3 Å². The van der Waals surface area contributed by atoms with Crippen LogP contribution >= 0.6 is 11.6 Å². The number of hydrogen-bond donors (Lipinski definition) is 1. The highest BCUT2D eigenvalue weighted by Gasteiger charge is 2.09. The molecule has 0 heterocycles. The predicted molar refractivity (Wildman–Crippen MR) is 110 cm³/mol. The first-order valence-corrected chi connectivity index (χ1v) is 9.07. The van der Waals surface area contributed by atoms with E-state index in [1.807, 2.05) is 0 Å². The van der Waals surface area contributed by atoms with Gasteiger partial charge in [-0.25, -0.2) is 8.78 Å². The van der Waals surface area contributed by atoms with E-state index in [1.54, 1.807) is 49.5 Å². The van der Waals surface area contributed by atoms with Crippen LogP contribution < -0.4 is 10.1 Å². The molecule has 3 rings (SSSR count). The van der Waals surface area contributed by atoms with Crippen LogP contribution in [0.1, 0.15) is 11.1 Å². The number of para-hydroxylation sites is 1. The normalized spacial score (nSPS) is 10.9. The molecule has 0 radical (unpaired) electrons. The van der Waals surface area contributed by atoms with Crippen molar-refractivity contribution in [1.29, 1.82) is 0 Å². The van der Waals surface area contributed by atoms with Crippen molar-refractivity contribution < 1.29 is 18.3 Å². The zero-order valence-corrected chi connectivity index (χ0v) is 16.2. The second kappa shape index (κ2) is 9.30. The summed E-state index contributed by atoms with van der Waals surface area (Å²) in [6.45, 7) is 1.34. The lowest BCUT2D eigenvalue weighted by molar-refractivity contribution is -0.118. The molecule has 0 saturated carbocycles. The summed E-state index contributed by atoms with van der Waals surface area (Å²) in [4.78, 5) is 16.2. The Labute approximate surface area is 171 Å². The van der Waals surface area contributed by atoms with E-state index in [-0.39, 0.29) is 18.1 Å². The molecule has 3 aromatic carbocycles. The molecule has 1 amide bonds. The molecule has 0 unspecified atom stereocenters. The Bertz CT molecular complexity index is 1070. The minimum Gasteiger partial charge on any atom is -0.482 e. The van der Waals surface area contributed by atoms with Crippen molar-refractivity contribution in [2.45, 2.75) is 6.92 Å². The van der Waals surface area contributed by atoms with E-state index < -0.39 is 11.7 Å². The van der Waals surface area contributed by atoms with Gasteiger partial charge in [0.2, 0.25) is 0 Å². The van der Waals surface area contributed by atoms with Crippen LogP contribution in [0.25, 0.3) is 0 Å². The third-order valence-corrected chi connectivity index (χ3v) is 4.26. The van der Waals surface area contributed by atoms with Crippen LogP contribution in [0.4, 0.5) is 20.2 Å². The van der Waals surface area contributed by atoms with Crippen molar-refractivity contribution in [3.8, 4) is 5.75 Å². The summed E-state index contributed by atoms with van der Waals surface area (Å²) in [5, 5.41) is 2.72. The Morgan fingerprint density at radius 2 is 1.90 bits per heavy atom. The maximum Gasteiger partial charge on any atom is 0.262 e. The molecule has 0 spiro atoms. The number of ether oxygens (including phenoxy) is 1. The molecule has 1 N–H and O–H groups in total. The zero-order chi connectivity index (χ0) is 20.8. The van der Waals surface area contributed by atoms with Gasteiger partial charge in [-0.2, -0.15) is 0 Å². The number of anilines is 1. The van der Waals surface area contributed by atoms with Gasteiger partial charge >= 0.3 is 0 Å². The Morgan fingerprint density at radius 3 is 2.62 bits per heavy atom. The molecular weight excluding hydrogens is 398 g/mol. The van der Waals surface area contributed by atoms with Gasteiger partial charge in [0.15, 0.2) is 6.61 Å². The molecule has 148 valence electrons. The number of carbonyl (C=O) groups is 1. The van der Waals surface area contributed by atoms with Crippen molar-refractivity contribution in [2.75, 3.05) is 11.9 Å². The lowest BCUT2D eigenvalue weighted by Crippen LogP contribution is -2.20. The number of halogens is 3. The maximum atomic E-state index is 13.6. The van der Waals surface area contributed by atoms with Crippen LogP contribution in [0.15, 0.2) is 65.7 Å². The van der Waals surface area contributed by atoms with E-state index in [0.29, 0.717) is 27.6 Å². The summed E-state index contributed by atoms with van der Waals surface area (Å²) in [6, 6.07) is 15.4. The van der Waals surface area contributed by atoms with Crippen LogP contribution in [0.5, 0.6) is 5.75 Å². The molecule has 0 saturated heterocycles. The van der Waals surface area contributed by atoms with Crippen LogP contribution in [-0.2, 0) is 4.79 Å². The topological polar surface area (TPSA) is 50.7 Å². The second-order valence-electron chi connectivity index (χ2n) is 6.20. The van der Waals surface area contributed by atoms with E-state index in [0.717, 1.165) is 0 Å². The molecule has 0 fully saturated rings. The van der Waals surface area contributed by atoms with Gasteiger partial charge < -0.3 is 10.1 Å². The monoisotopic (exact) mass is 414 g/mol. The molecule has 3 aromatic rings. The molecule has 0 atom stereocenters. The Kier molecular flexibility index (Phi) is 6.57. The third kappa shape index (κ3) is 5.62. The van der Waals surface area contributed by atoms with Crippen molar-refractivity contribution >= 4 is 35.1 Å². The zero-order valence-electron chi connectivity index (χ0n) is 15.5. The molecule has 4 nitrogen and oxygen atoms in total. The van der Waals surface area contributed by atoms with Gasteiger partial charge in [-0.1, -0.05) is 23.7 Å². The fourth-order valence-corrected chi connectivity index (χ4v) is 2.71. The summed E-state index contributed by atoms with van der Waals surface area (Å²) in [5.41, 5.74) is 1.91. The number of aliphatic imine (C=N–C) groups is 1. The fraction of sp³-hybridized carbons (Fsp3) is 0.0909. The van der Waals surface area contributed by atoms with Gasteiger partial charge in [0.25, 0.3) is 5.91 Å². The van der Waals surface area contributed by atoms with Crippen LogP contribution in [0, 0.1) is 18.6 Å². The lowest BCUT2D eigenvalue weighted by atomic mass is 10.2. The molecular formula is C22H17ClF2N2O2. The van der Waals surface area contributed by atoms with Gasteiger partial charge in [0.1, 0.15) is 17.4 Å². The largest absolute Gasteiger partial charge is 0.482 e. The van der Waals surface area contributed by atoms with Crippen LogP contribution in [0.3, 0.4) is 0 Å². The average Bonchev–Trinajstić information content (AvgIpc) is 2.70. The standard InChI is InChI=1S/C22H17ClF2N2O2/c1-14-10-16(7-8-18(14)24)26-12-15-6-9-21(17(23)11-15)29-13-22(28)27-20-5-3-2-4-19(20)25/h2-12H,13H2,1H3,(H,27,28). The second-order valence-corrected chi connectivity index (χ2v) is 6.61. The first-order valence-electron chi connectivity index (χ1n) is 8.69. The van der Waals surface area contributed by atoms with Gasteiger partial charge in [-0.05, 0) is 66.6 Å². The fourth-order valence-electron chi connectivity index (χ4n) is 2.46. The molecule has 0 aliphatic carbocycles. The summed E-state index contributed by atoms with van der Waals surface area (Å²) in [5.74, 6) is -1.01. The predicted octanol–water partition coefficient (Wildman–Crippen LogP) is 5.69. The number of rotatable bonds is 6. The number of carbonyl (C=O) groups excluding carboxylic acids is 1. The molecule has 0 aliphatic heterocycles. The Balaban J connectivity index is 1.60. The first kappa shape index (κ1) is 20.5. The number of benzene rings is 3. The summed E-state index contributed by atoms with van der Waals surface area (Å²) in [7, 11) is 0. The van der Waals surface area contributed by atoms with Gasteiger partial charge in [-0.3, -0.25) is 9.79 Å². The smallest absolute Gasteiger partial charge is 0.262 e. The maximum absolute atomic E-state index is 13.6.